The Morgan fingerprint density at radius 1 is 1.26 bits per heavy atom. The molecule has 0 saturated heterocycles. The van der Waals surface area contributed by atoms with Crippen LogP contribution in [0.15, 0.2) is 23.1 Å². The van der Waals surface area contributed by atoms with Gasteiger partial charge in [-0.3, -0.25) is 4.79 Å². The van der Waals surface area contributed by atoms with Gasteiger partial charge in [-0.25, -0.2) is 12.7 Å². The van der Waals surface area contributed by atoms with E-state index in [2.05, 4.69) is 0 Å². The van der Waals surface area contributed by atoms with Crippen molar-refractivity contribution >= 4 is 16.0 Å². The Balaban J connectivity index is 3.06. The van der Waals surface area contributed by atoms with Crippen molar-refractivity contribution in [2.24, 2.45) is 5.92 Å². The molecule has 19 heavy (non-hydrogen) atoms. The van der Waals surface area contributed by atoms with E-state index in [0.29, 0.717) is 0 Å². The third kappa shape index (κ3) is 3.78. The molecule has 1 atom stereocenters. The summed E-state index contributed by atoms with van der Waals surface area (Å²) in [6.45, 7) is 5.08. The maximum Gasteiger partial charge on any atom is 0.307 e. The van der Waals surface area contributed by atoms with Crippen molar-refractivity contribution in [3.05, 3.63) is 29.3 Å². The summed E-state index contributed by atoms with van der Waals surface area (Å²) in [6, 6.07) is 5.06. The van der Waals surface area contributed by atoms with Crippen LogP contribution in [-0.4, -0.2) is 37.4 Å². The van der Waals surface area contributed by atoms with Crippen LogP contribution in [0.25, 0.3) is 0 Å². The summed E-state index contributed by atoms with van der Waals surface area (Å²) in [5.41, 5.74) is 1.72. The van der Waals surface area contributed by atoms with Gasteiger partial charge in [-0.05, 0) is 37.1 Å². The molecule has 0 amide bonds. The van der Waals surface area contributed by atoms with Gasteiger partial charge in [-0.15, -0.1) is 0 Å². The monoisotopic (exact) mass is 285 g/mol. The van der Waals surface area contributed by atoms with E-state index in [1.165, 1.54) is 14.0 Å². The molecule has 1 N–H and O–H groups in total. The second-order valence-corrected chi connectivity index (χ2v) is 6.89. The van der Waals surface area contributed by atoms with Crippen molar-refractivity contribution in [3.8, 4) is 0 Å². The van der Waals surface area contributed by atoms with Crippen LogP contribution in [0.2, 0.25) is 0 Å². The smallest absolute Gasteiger partial charge is 0.307 e. The topological polar surface area (TPSA) is 74.7 Å². The first-order valence-corrected chi connectivity index (χ1v) is 7.36. The Hall–Kier alpha value is -1.40. The standard InChI is InChI=1S/C13H19NO4S/c1-9-5-10(2)7-12(6-9)19(17,18)14(4)8-11(3)13(15)16/h5-7,11H,8H2,1-4H3,(H,15,16). The van der Waals surface area contributed by atoms with Gasteiger partial charge in [0.25, 0.3) is 0 Å². The molecule has 0 fully saturated rings. The average Bonchev–Trinajstić information content (AvgIpc) is 2.27. The molecule has 5 nitrogen and oxygen atoms in total. The van der Waals surface area contributed by atoms with Crippen LogP contribution in [0.3, 0.4) is 0 Å². The molecule has 1 unspecified atom stereocenters. The van der Waals surface area contributed by atoms with Crippen LogP contribution in [0.5, 0.6) is 0 Å². The zero-order chi connectivity index (χ0) is 14.8. The number of carboxylic acid groups (broad SMARTS) is 1. The van der Waals surface area contributed by atoms with E-state index < -0.39 is 21.9 Å². The van der Waals surface area contributed by atoms with Crippen molar-refractivity contribution in [2.75, 3.05) is 13.6 Å². The summed E-state index contributed by atoms with van der Waals surface area (Å²) in [7, 11) is -2.25. The van der Waals surface area contributed by atoms with Crippen LogP contribution in [0.4, 0.5) is 0 Å². The first-order chi connectivity index (χ1) is 8.64. The van der Waals surface area contributed by atoms with E-state index >= 15 is 0 Å². The highest BCUT2D eigenvalue weighted by Gasteiger charge is 2.25. The molecule has 0 aliphatic rings. The first kappa shape index (κ1) is 15.7. The molecule has 106 valence electrons. The molecule has 0 aromatic heterocycles. The molecule has 0 aliphatic carbocycles. The largest absolute Gasteiger partial charge is 0.481 e. The van der Waals surface area contributed by atoms with E-state index in [9.17, 15) is 13.2 Å². The predicted molar refractivity (Wildman–Crippen MR) is 72.5 cm³/mol. The highest BCUT2D eigenvalue weighted by atomic mass is 32.2. The summed E-state index contributed by atoms with van der Waals surface area (Å²) in [6.07, 6.45) is 0. The van der Waals surface area contributed by atoms with Gasteiger partial charge in [0.2, 0.25) is 10.0 Å². The van der Waals surface area contributed by atoms with Gasteiger partial charge in [-0.2, -0.15) is 0 Å². The third-order valence-corrected chi connectivity index (χ3v) is 4.66. The number of sulfonamides is 1. The number of nitrogens with zero attached hydrogens (tertiary/aromatic N) is 1. The van der Waals surface area contributed by atoms with E-state index in [-0.39, 0.29) is 11.4 Å². The molecular formula is C13H19NO4S. The summed E-state index contributed by atoms with van der Waals surface area (Å²) < 4.78 is 25.7. The molecule has 0 aliphatic heterocycles. The van der Waals surface area contributed by atoms with E-state index in [0.717, 1.165) is 15.4 Å². The van der Waals surface area contributed by atoms with Crippen molar-refractivity contribution in [3.63, 3.8) is 0 Å². The Kier molecular flexibility index (Phi) is 4.70. The highest BCUT2D eigenvalue weighted by molar-refractivity contribution is 7.89. The fourth-order valence-corrected chi connectivity index (χ4v) is 3.27. The summed E-state index contributed by atoms with van der Waals surface area (Å²) in [5.74, 6) is -1.76. The van der Waals surface area contributed by atoms with E-state index in [1.807, 2.05) is 19.9 Å². The molecule has 1 aromatic carbocycles. The molecule has 0 radical (unpaired) electrons. The predicted octanol–water partition coefficient (Wildman–Crippen LogP) is 1.64. The summed E-state index contributed by atoms with van der Waals surface area (Å²) in [4.78, 5) is 11.0. The molecule has 6 heteroatoms. The SMILES string of the molecule is Cc1cc(C)cc(S(=O)(=O)N(C)CC(C)C(=O)O)c1. The second-order valence-electron chi connectivity index (χ2n) is 4.85. The molecule has 0 saturated carbocycles. The fourth-order valence-electron chi connectivity index (χ4n) is 1.82. The number of benzene rings is 1. The van der Waals surface area contributed by atoms with Gasteiger partial charge >= 0.3 is 5.97 Å². The number of hydrogen-bond acceptors (Lipinski definition) is 3. The number of aryl methyl sites for hydroxylation is 2. The van der Waals surface area contributed by atoms with Crippen LogP contribution in [-0.2, 0) is 14.8 Å². The summed E-state index contributed by atoms with van der Waals surface area (Å²) in [5, 5.41) is 8.83. The normalized spacial score (nSPS) is 13.5. The van der Waals surface area contributed by atoms with Crippen molar-refractivity contribution in [1.29, 1.82) is 0 Å². The van der Waals surface area contributed by atoms with Gasteiger partial charge in [0.1, 0.15) is 0 Å². The molecule has 0 spiro atoms. The lowest BCUT2D eigenvalue weighted by molar-refractivity contribution is -0.141. The Bertz CT molecular complexity index is 560. The van der Waals surface area contributed by atoms with Gasteiger partial charge < -0.3 is 5.11 Å². The van der Waals surface area contributed by atoms with E-state index in [4.69, 9.17) is 5.11 Å². The first-order valence-electron chi connectivity index (χ1n) is 5.92. The second kappa shape index (κ2) is 5.71. The lowest BCUT2D eigenvalue weighted by Crippen LogP contribution is -2.33. The quantitative estimate of drug-likeness (QED) is 0.892. The number of rotatable bonds is 5. The fraction of sp³-hybridized carbons (Fsp3) is 0.462. The minimum atomic E-state index is -3.64. The van der Waals surface area contributed by atoms with E-state index in [1.54, 1.807) is 12.1 Å². The molecule has 1 rings (SSSR count). The van der Waals surface area contributed by atoms with Crippen molar-refractivity contribution < 1.29 is 18.3 Å². The van der Waals surface area contributed by atoms with Crippen molar-refractivity contribution in [2.45, 2.75) is 25.7 Å². The maximum atomic E-state index is 12.3. The molecular weight excluding hydrogens is 266 g/mol. The maximum absolute atomic E-state index is 12.3. The zero-order valence-corrected chi connectivity index (χ0v) is 12.4. The number of carboxylic acids is 1. The van der Waals surface area contributed by atoms with Gasteiger partial charge in [0.15, 0.2) is 0 Å². The molecule has 1 aromatic rings. The Morgan fingerprint density at radius 3 is 2.16 bits per heavy atom. The number of aliphatic carboxylic acids is 1. The number of hydrogen-bond donors (Lipinski definition) is 1. The zero-order valence-electron chi connectivity index (χ0n) is 11.5. The van der Waals surface area contributed by atoms with Crippen LogP contribution in [0.1, 0.15) is 18.1 Å². The molecule has 0 heterocycles. The van der Waals surface area contributed by atoms with Crippen LogP contribution in [0, 0.1) is 19.8 Å². The Labute approximate surface area is 113 Å². The van der Waals surface area contributed by atoms with Gasteiger partial charge in [0.05, 0.1) is 10.8 Å². The van der Waals surface area contributed by atoms with Crippen molar-refractivity contribution in [1.82, 2.24) is 4.31 Å². The van der Waals surface area contributed by atoms with Crippen LogP contribution >= 0.6 is 0 Å². The minimum absolute atomic E-state index is 0.0509. The minimum Gasteiger partial charge on any atom is -0.481 e. The average molecular weight is 285 g/mol. The highest BCUT2D eigenvalue weighted by Crippen LogP contribution is 2.18. The summed E-state index contributed by atoms with van der Waals surface area (Å²) >= 11 is 0. The lowest BCUT2D eigenvalue weighted by Gasteiger charge is -2.19. The van der Waals surface area contributed by atoms with Gasteiger partial charge in [-0.1, -0.05) is 13.0 Å². The number of carbonyl (C=O) groups is 1. The Morgan fingerprint density at radius 2 is 1.74 bits per heavy atom. The van der Waals surface area contributed by atoms with Gasteiger partial charge in [0, 0.05) is 13.6 Å². The lowest BCUT2D eigenvalue weighted by atomic mass is 10.2. The molecule has 0 bridgehead atoms. The third-order valence-electron chi connectivity index (χ3n) is 2.86. The van der Waals surface area contributed by atoms with Crippen LogP contribution < -0.4 is 0 Å².